The summed E-state index contributed by atoms with van der Waals surface area (Å²) >= 11 is 0. The van der Waals surface area contributed by atoms with Crippen molar-refractivity contribution in [1.29, 1.82) is 0 Å². The van der Waals surface area contributed by atoms with Crippen LogP contribution in [0.25, 0.3) is 0 Å². The van der Waals surface area contributed by atoms with Crippen LogP contribution in [0.15, 0.2) is 12.7 Å². The quantitative estimate of drug-likeness (QED) is 0.411. The molecule has 3 heteroatoms. The Morgan fingerprint density at radius 3 is 2.73 bits per heavy atom. The van der Waals surface area contributed by atoms with Crippen molar-refractivity contribution < 1.29 is 5.11 Å². The van der Waals surface area contributed by atoms with Crippen LogP contribution >= 0.6 is 0 Å². The number of rotatable bonds is 6. The van der Waals surface area contributed by atoms with Crippen LogP contribution in [-0.2, 0) is 0 Å². The molecule has 0 bridgehead atoms. The molecule has 0 saturated carbocycles. The lowest BCUT2D eigenvalue weighted by atomic mass is 10.3. The maximum absolute atomic E-state index is 9.31. The van der Waals surface area contributed by atoms with Gasteiger partial charge in [-0.1, -0.05) is 6.08 Å². The van der Waals surface area contributed by atoms with E-state index in [-0.39, 0.29) is 6.10 Å². The Morgan fingerprint density at radius 2 is 2.27 bits per heavy atom. The van der Waals surface area contributed by atoms with E-state index in [1.54, 1.807) is 6.08 Å². The van der Waals surface area contributed by atoms with Crippen LogP contribution in [-0.4, -0.2) is 49.8 Å². The van der Waals surface area contributed by atoms with Crippen molar-refractivity contribution in [1.82, 2.24) is 10.2 Å². The second-order valence-electron chi connectivity index (χ2n) is 2.86. The Morgan fingerprint density at radius 1 is 1.64 bits per heavy atom. The lowest BCUT2D eigenvalue weighted by molar-refractivity contribution is 0.136. The Balaban J connectivity index is 3.21. The predicted molar refractivity (Wildman–Crippen MR) is 47.6 cm³/mol. The molecule has 0 fully saturated rings. The highest BCUT2D eigenvalue weighted by atomic mass is 16.3. The van der Waals surface area contributed by atoms with E-state index in [4.69, 9.17) is 0 Å². The van der Waals surface area contributed by atoms with Crippen LogP contribution in [0.3, 0.4) is 0 Å². The van der Waals surface area contributed by atoms with Crippen molar-refractivity contribution in [2.24, 2.45) is 0 Å². The van der Waals surface area contributed by atoms with Gasteiger partial charge in [0.15, 0.2) is 0 Å². The lowest BCUT2D eigenvalue weighted by Gasteiger charge is -2.15. The van der Waals surface area contributed by atoms with Gasteiger partial charge in [0.05, 0.1) is 6.10 Å². The van der Waals surface area contributed by atoms with Crippen LogP contribution in [0, 0.1) is 0 Å². The lowest BCUT2D eigenvalue weighted by Crippen LogP contribution is -2.34. The third kappa shape index (κ3) is 7.52. The molecule has 1 unspecified atom stereocenters. The van der Waals surface area contributed by atoms with Crippen molar-refractivity contribution >= 4 is 0 Å². The van der Waals surface area contributed by atoms with E-state index >= 15 is 0 Å². The van der Waals surface area contributed by atoms with Gasteiger partial charge >= 0.3 is 0 Å². The SMILES string of the molecule is C=CCNCC(O)CN(C)C. The van der Waals surface area contributed by atoms with E-state index in [0.29, 0.717) is 13.1 Å². The molecule has 1 atom stereocenters. The van der Waals surface area contributed by atoms with Crippen LogP contribution in [0.4, 0.5) is 0 Å². The summed E-state index contributed by atoms with van der Waals surface area (Å²) in [5.41, 5.74) is 0. The summed E-state index contributed by atoms with van der Waals surface area (Å²) in [6.07, 6.45) is 1.49. The zero-order valence-electron chi connectivity index (χ0n) is 7.38. The maximum atomic E-state index is 9.31. The molecule has 0 aromatic heterocycles. The van der Waals surface area contributed by atoms with Gasteiger partial charge in [-0.2, -0.15) is 0 Å². The number of hydrogen-bond acceptors (Lipinski definition) is 3. The van der Waals surface area contributed by atoms with Gasteiger partial charge in [-0.3, -0.25) is 0 Å². The van der Waals surface area contributed by atoms with Gasteiger partial charge < -0.3 is 15.3 Å². The minimum absolute atomic E-state index is 0.287. The molecule has 0 aromatic rings. The van der Waals surface area contributed by atoms with Crippen LogP contribution in [0.2, 0.25) is 0 Å². The molecule has 11 heavy (non-hydrogen) atoms. The second-order valence-corrected chi connectivity index (χ2v) is 2.86. The van der Waals surface area contributed by atoms with Gasteiger partial charge in [0, 0.05) is 19.6 Å². The molecule has 0 spiro atoms. The molecule has 66 valence electrons. The second kappa shape index (κ2) is 6.34. The minimum atomic E-state index is -0.287. The summed E-state index contributed by atoms with van der Waals surface area (Å²) in [5.74, 6) is 0. The molecule has 0 radical (unpaired) electrons. The highest BCUT2D eigenvalue weighted by Gasteiger charge is 2.02. The zero-order chi connectivity index (χ0) is 8.69. The summed E-state index contributed by atoms with van der Waals surface area (Å²) in [7, 11) is 3.88. The van der Waals surface area contributed by atoms with E-state index in [9.17, 15) is 5.11 Å². The van der Waals surface area contributed by atoms with Gasteiger partial charge in [0.2, 0.25) is 0 Å². The smallest absolute Gasteiger partial charge is 0.0791 e. The van der Waals surface area contributed by atoms with Crippen molar-refractivity contribution in [3.8, 4) is 0 Å². The summed E-state index contributed by atoms with van der Waals surface area (Å²) in [6.45, 7) is 5.65. The molecule has 0 rings (SSSR count). The molecule has 3 nitrogen and oxygen atoms in total. The van der Waals surface area contributed by atoms with E-state index < -0.39 is 0 Å². The third-order valence-corrected chi connectivity index (χ3v) is 1.24. The monoisotopic (exact) mass is 158 g/mol. The molecular formula is C8H18N2O. The fourth-order valence-corrected chi connectivity index (χ4v) is 0.838. The molecule has 2 N–H and O–H groups in total. The fourth-order valence-electron chi connectivity index (χ4n) is 0.838. The average molecular weight is 158 g/mol. The van der Waals surface area contributed by atoms with Crippen LogP contribution in [0.5, 0.6) is 0 Å². The van der Waals surface area contributed by atoms with E-state index in [0.717, 1.165) is 6.54 Å². The number of likely N-dealkylation sites (N-methyl/N-ethyl adjacent to an activating group) is 1. The maximum Gasteiger partial charge on any atom is 0.0791 e. The molecule has 0 heterocycles. The fraction of sp³-hybridized carbons (Fsp3) is 0.750. The molecule has 0 aliphatic rings. The highest BCUT2D eigenvalue weighted by molar-refractivity contribution is 4.71. The highest BCUT2D eigenvalue weighted by Crippen LogP contribution is 1.83. The van der Waals surface area contributed by atoms with Gasteiger partial charge in [0.25, 0.3) is 0 Å². The minimum Gasteiger partial charge on any atom is -0.390 e. The van der Waals surface area contributed by atoms with E-state index in [1.165, 1.54) is 0 Å². The molecule has 0 aliphatic heterocycles. The molecule has 0 aliphatic carbocycles. The normalized spacial score (nSPS) is 13.5. The molecule has 0 amide bonds. The van der Waals surface area contributed by atoms with Crippen LogP contribution in [0.1, 0.15) is 0 Å². The van der Waals surface area contributed by atoms with Crippen molar-refractivity contribution in [3.05, 3.63) is 12.7 Å². The Kier molecular flexibility index (Phi) is 6.12. The molecule has 0 aromatic carbocycles. The van der Waals surface area contributed by atoms with E-state index in [1.807, 2.05) is 19.0 Å². The summed E-state index contributed by atoms with van der Waals surface area (Å²) in [6, 6.07) is 0. The first-order chi connectivity index (χ1) is 5.16. The van der Waals surface area contributed by atoms with Gasteiger partial charge in [0.1, 0.15) is 0 Å². The number of nitrogens with zero attached hydrogens (tertiary/aromatic N) is 1. The topological polar surface area (TPSA) is 35.5 Å². The number of aliphatic hydroxyl groups is 1. The Bertz CT molecular complexity index is 104. The van der Waals surface area contributed by atoms with E-state index in [2.05, 4.69) is 11.9 Å². The largest absolute Gasteiger partial charge is 0.390 e. The average Bonchev–Trinajstić information content (AvgIpc) is 1.86. The van der Waals surface area contributed by atoms with Crippen LogP contribution < -0.4 is 5.32 Å². The first kappa shape index (κ1) is 10.6. The Hall–Kier alpha value is -0.380. The summed E-state index contributed by atoms with van der Waals surface area (Å²) in [4.78, 5) is 1.96. The third-order valence-electron chi connectivity index (χ3n) is 1.24. The first-order valence-electron chi connectivity index (χ1n) is 3.81. The molecular weight excluding hydrogens is 140 g/mol. The molecule has 0 saturated heterocycles. The zero-order valence-corrected chi connectivity index (χ0v) is 7.38. The summed E-state index contributed by atoms with van der Waals surface area (Å²) < 4.78 is 0. The van der Waals surface area contributed by atoms with Gasteiger partial charge in [-0.15, -0.1) is 6.58 Å². The first-order valence-corrected chi connectivity index (χ1v) is 3.81. The van der Waals surface area contributed by atoms with Crippen molar-refractivity contribution in [3.63, 3.8) is 0 Å². The Labute approximate surface area is 68.7 Å². The van der Waals surface area contributed by atoms with Crippen molar-refractivity contribution in [2.75, 3.05) is 33.7 Å². The summed E-state index contributed by atoms with van der Waals surface area (Å²) in [5, 5.41) is 12.4. The number of nitrogens with one attached hydrogen (secondary N) is 1. The van der Waals surface area contributed by atoms with Gasteiger partial charge in [-0.25, -0.2) is 0 Å². The number of hydrogen-bond donors (Lipinski definition) is 2. The van der Waals surface area contributed by atoms with Gasteiger partial charge in [-0.05, 0) is 14.1 Å². The van der Waals surface area contributed by atoms with Crippen molar-refractivity contribution in [2.45, 2.75) is 6.10 Å². The number of aliphatic hydroxyl groups excluding tert-OH is 1. The standard InChI is InChI=1S/C8H18N2O/c1-4-5-9-6-8(11)7-10(2)3/h4,8-9,11H,1,5-7H2,2-3H3. The predicted octanol–water partition coefficient (Wildman–Crippen LogP) is -0.316.